The van der Waals surface area contributed by atoms with Crippen LogP contribution in [0.2, 0.25) is 0 Å². The summed E-state index contributed by atoms with van der Waals surface area (Å²) in [7, 11) is 0. The van der Waals surface area contributed by atoms with E-state index in [2.05, 4.69) is 54.3 Å². The van der Waals surface area contributed by atoms with Gasteiger partial charge in [-0.25, -0.2) is 0 Å². The molecule has 0 saturated carbocycles. The van der Waals surface area contributed by atoms with Crippen molar-refractivity contribution < 1.29 is 9.53 Å². The van der Waals surface area contributed by atoms with Crippen LogP contribution in [0.5, 0.6) is 5.75 Å². The number of aryl methyl sites for hydroxylation is 1. The molecule has 5 heteroatoms. The van der Waals surface area contributed by atoms with Crippen molar-refractivity contribution in [3.05, 3.63) is 59.2 Å². The predicted octanol–water partition coefficient (Wildman–Crippen LogP) is 3.75. The van der Waals surface area contributed by atoms with Gasteiger partial charge in [0.2, 0.25) is 5.91 Å². The van der Waals surface area contributed by atoms with Gasteiger partial charge in [-0.1, -0.05) is 29.8 Å². The summed E-state index contributed by atoms with van der Waals surface area (Å²) in [6.45, 7) is 9.34. The number of carbonyl (C=O) groups is 1. The molecule has 2 aliphatic rings. The molecular weight excluding hydrogens is 368 g/mol. The molecule has 2 aliphatic heterocycles. The fourth-order valence-electron chi connectivity index (χ4n) is 3.85. The summed E-state index contributed by atoms with van der Waals surface area (Å²) in [5.41, 5.74) is 3.91. The summed E-state index contributed by atoms with van der Waals surface area (Å²) < 4.78 is 5.59. The van der Waals surface area contributed by atoms with Crippen LogP contribution in [0.15, 0.2) is 47.4 Å². The van der Waals surface area contributed by atoms with Gasteiger partial charge in [0.1, 0.15) is 5.75 Å². The highest BCUT2D eigenvalue weighted by atomic mass is 32.2. The van der Waals surface area contributed by atoms with Crippen LogP contribution in [0.25, 0.3) is 0 Å². The third-order valence-electron chi connectivity index (χ3n) is 5.53. The number of carbonyl (C=O) groups excluding carboxylic acids is 1. The van der Waals surface area contributed by atoms with E-state index in [4.69, 9.17) is 4.74 Å². The summed E-state index contributed by atoms with van der Waals surface area (Å²) in [6, 6.07) is 14.9. The Morgan fingerprint density at radius 1 is 1.11 bits per heavy atom. The summed E-state index contributed by atoms with van der Waals surface area (Å²) in [5.74, 6) is 1.29. The van der Waals surface area contributed by atoms with Crippen molar-refractivity contribution in [1.82, 2.24) is 9.80 Å². The van der Waals surface area contributed by atoms with Crippen molar-refractivity contribution in [3.8, 4) is 5.75 Å². The van der Waals surface area contributed by atoms with E-state index in [0.717, 1.165) is 56.4 Å². The average molecular weight is 397 g/mol. The Morgan fingerprint density at radius 3 is 2.61 bits per heavy atom. The maximum atomic E-state index is 12.8. The normalized spacial score (nSPS) is 17.9. The zero-order chi connectivity index (χ0) is 19.5. The molecule has 1 saturated heterocycles. The van der Waals surface area contributed by atoms with Crippen LogP contribution in [-0.4, -0.2) is 53.7 Å². The van der Waals surface area contributed by atoms with Crippen molar-refractivity contribution in [3.63, 3.8) is 0 Å². The molecule has 2 heterocycles. The molecule has 2 aromatic rings. The number of rotatable bonds is 5. The van der Waals surface area contributed by atoms with E-state index in [1.54, 1.807) is 11.8 Å². The first-order valence-electron chi connectivity index (χ1n) is 10.1. The quantitative estimate of drug-likeness (QED) is 0.721. The standard InChI is InChI=1S/C23H28N2O2S/c1-17-3-6-21(7-4-17)28-18(2)23(26)25-12-10-24(11-13-25)16-19-5-8-22-20(15-19)9-14-27-22/h3-8,15,18H,9-14,16H2,1-2H3/t18-/m1/s1. The van der Waals surface area contributed by atoms with E-state index in [9.17, 15) is 4.79 Å². The van der Waals surface area contributed by atoms with Crippen LogP contribution < -0.4 is 4.74 Å². The van der Waals surface area contributed by atoms with Gasteiger partial charge >= 0.3 is 0 Å². The highest BCUT2D eigenvalue weighted by Gasteiger charge is 2.25. The Balaban J connectivity index is 1.27. The van der Waals surface area contributed by atoms with Gasteiger partial charge in [-0.3, -0.25) is 9.69 Å². The molecule has 1 atom stereocenters. The number of nitrogens with zero attached hydrogens (tertiary/aromatic N) is 2. The monoisotopic (exact) mass is 396 g/mol. The number of piperazine rings is 1. The van der Waals surface area contributed by atoms with E-state index >= 15 is 0 Å². The van der Waals surface area contributed by atoms with E-state index in [1.165, 1.54) is 16.7 Å². The van der Waals surface area contributed by atoms with Gasteiger partial charge in [-0.05, 0) is 43.2 Å². The predicted molar refractivity (Wildman–Crippen MR) is 114 cm³/mol. The molecule has 0 bridgehead atoms. The first kappa shape index (κ1) is 19.3. The number of ether oxygens (including phenoxy) is 1. The zero-order valence-corrected chi connectivity index (χ0v) is 17.5. The van der Waals surface area contributed by atoms with Gasteiger partial charge in [0, 0.05) is 44.0 Å². The smallest absolute Gasteiger partial charge is 0.235 e. The lowest BCUT2D eigenvalue weighted by Crippen LogP contribution is -2.50. The molecule has 1 amide bonds. The van der Waals surface area contributed by atoms with Gasteiger partial charge in [0.05, 0.1) is 11.9 Å². The first-order valence-corrected chi connectivity index (χ1v) is 11.0. The van der Waals surface area contributed by atoms with E-state index in [0.29, 0.717) is 0 Å². The lowest BCUT2D eigenvalue weighted by atomic mass is 10.1. The summed E-state index contributed by atoms with van der Waals surface area (Å²) >= 11 is 1.65. The van der Waals surface area contributed by atoms with Crippen molar-refractivity contribution in [2.75, 3.05) is 32.8 Å². The minimum atomic E-state index is -0.0500. The Morgan fingerprint density at radius 2 is 1.86 bits per heavy atom. The first-order chi connectivity index (χ1) is 13.6. The third-order valence-corrected chi connectivity index (χ3v) is 6.63. The highest BCUT2D eigenvalue weighted by Crippen LogP contribution is 2.27. The molecular formula is C23H28N2O2S. The van der Waals surface area contributed by atoms with Crippen molar-refractivity contribution in [2.24, 2.45) is 0 Å². The number of thioether (sulfide) groups is 1. The molecule has 1 fully saturated rings. The summed E-state index contributed by atoms with van der Waals surface area (Å²) in [6.07, 6.45) is 1.02. The Bertz CT molecular complexity index is 829. The molecule has 0 spiro atoms. The van der Waals surface area contributed by atoms with Crippen LogP contribution in [0.4, 0.5) is 0 Å². The maximum Gasteiger partial charge on any atom is 0.235 e. The highest BCUT2D eigenvalue weighted by molar-refractivity contribution is 8.00. The van der Waals surface area contributed by atoms with Crippen LogP contribution >= 0.6 is 11.8 Å². The second-order valence-electron chi connectivity index (χ2n) is 7.72. The topological polar surface area (TPSA) is 32.8 Å². The maximum absolute atomic E-state index is 12.8. The van der Waals surface area contributed by atoms with Gasteiger partial charge in [0.25, 0.3) is 0 Å². The number of hydrogen-bond acceptors (Lipinski definition) is 4. The third kappa shape index (κ3) is 4.53. The SMILES string of the molecule is Cc1ccc(S[C@H](C)C(=O)N2CCN(Cc3ccc4c(c3)CCO4)CC2)cc1. The zero-order valence-electron chi connectivity index (χ0n) is 16.7. The second kappa shape index (κ2) is 8.58. The van der Waals surface area contributed by atoms with Crippen LogP contribution in [0.3, 0.4) is 0 Å². The minimum Gasteiger partial charge on any atom is -0.493 e. The van der Waals surface area contributed by atoms with E-state index < -0.39 is 0 Å². The van der Waals surface area contributed by atoms with E-state index in [1.807, 2.05) is 11.8 Å². The summed E-state index contributed by atoms with van der Waals surface area (Å²) in [4.78, 5) is 18.5. The van der Waals surface area contributed by atoms with Crippen molar-refractivity contribution in [1.29, 1.82) is 0 Å². The number of benzene rings is 2. The molecule has 0 N–H and O–H groups in total. The summed E-state index contributed by atoms with van der Waals surface area (Å²) in [5, 5.41) is -0.0500. The molecule has 28 heavy (non-hydrogen) atoms. The van der Waals surface area contributed by atoms with Crippen molar-refractivity contribution >= 4 is 17.7 Å². The fourth-order valence-corrected chi connectivity index (χ4v) is 4.80. The van der Waals surface area contributed by atoms with Crippen LogP contribution in [0.1, 0.15) is 23.6 Å². The Labute approximate surface area is 171 Å². The lowest BCUT2D eigenvalue weighted by Gasteiger charge is -2.36. The fraction of sp³-hybridized carbons (Fsp3) is 0.435. The molecule has 0 unspecified atom stereocenters. The Hall–Kier alpha value is -1.98. The Kier molecular flexibility index (Phi) is 5.93. The molecule has 4 rings (SSSR count). The molecule has 148 valence electrons. The van der Waals surface area contributed by atoms with Crippen molar-refractivity contribution in [2.45, 2.75) is 37.0 Å². The molecule has 0 aliphatic carbocycles. The largest absolute Gasteiger partial charge is 0.493 e. The average Bonchev–Trinajstić information content (AvgIpc) is 3.17. The molecule has 2 aromatic carbocycles. The van der Waals surface area contributed by atoms with Gasteiger partial charge in [-0.15, -0.1) is 11.8 Å². The molecule has 4 nitrogen and oxygen atoms in total. The van der Waals surface area contributed by atoms with Crippen LogP contribution in [-0.2, 0) is 17.8 Å². The number of hydrogen-bond donors (Lipinski definition) is 0. The van der Waals surface area contributed by atoms with E-state index in [-0.39, 0.29) is 11.2 Å². The van der Waals surface area contributed by atoms with Gasteiger partial charge < -0.3 is 9.64 Å². The van der Waals surface area contributed by atoms with Crippen LogP contribution in [0, 0.1) is 6.92 Å². The lowest BCUT2D eigenvalue weighted by molar-refractivity contribution is -0.132. The van der Waals surface area contributed by atoms with Gasteiger partial charge in [0.15, 0.2) is 0 Å². The number of fused-ring (bicyclic) bond motifs is 1. The molecule has 0 aromatic heterocycles. The molecule has 0 radical (unpaired) electrons. The van der Waals surface area contributed by atoms with Gasteiger partial charge in [-0.2, -0.15) is 0 Å². The second-order valence-corrected chi connectivity index (χ2v) is 9.13. The minimum absolute atomic E-state index is 0.0500. The number of amides is 1.